The Morgan fingerprint density at radius 1 is 1.40 bits per heavy atom. The second-order valence-electron chi connectivity index (χ2n) is 2.59. The van der Waals surface area contributed by atoms with Crippen molar-refractivity contribution in [1.82, 2.24) is 4.90 Å². The van der Waals surface area contributed by atoms with E-state index in [2.05, 4.69) is 25.9 Å². The first-order valence-electron chi connectivity index (χ1n) is 3.34. The van der Waals surface area contributed by atoms with Crippen molar-refractivity contribution >= 4 is 24.0 Å². The van der Waals surface area contributed by atoms with Crippen molar-refractivity contribution in [3.05, 3.63) is 0 Å². The van der Waals surface area contributed by atoms with Gasteiger partial charge in [-0.3, -0.25) is 0 Å². The van der Waals surface area contributed by atoms with Crippen LogP contribution < -0.4 is 0 Å². The maximum Gasteiger partial charge on any atom is 0.0477 e. The third kappa shape index (κ3) is 6.77. The minimum atomic E-state index is 0. The van der Waals surface area contributed by atoms with Crippen LogP contribution in [0.4, 0.5) is 0 Å². The normalized spacial score (nSPS) is 12.9. The third-order valence-corrected chi connectivity index (χ3v) is 1.62. The Kier molecular flexibility index (Phi) is 10.3. The van der Waals surface area contributed by atoms with Crippen molar-refractivity contribution in [3.8, 4) is 0 Å². The van der Waals surface area contributed by atoms with E-state index in [4.69, 9.17) is 4.74 Å². The summed E-state index contributed by atoms with van der Waals surface area (Å²) in [4.78, 5) is 2.19. The first-order valence-corrected chi connectivity index (χ1v) is 3.34. The molecule has 2 nitrogen and oxygen atoms in total. The number of halogens is 1. The molecule has 0 heterocycles. The first-order chi connectivity index (χ1) is 4.18. The Morgan fingerprint density at radius 2 is 1.90 bits per heavy atom. The first kappa shape index (κ1) is 13.3. The van der Waals surface area contributed by atoms with Crippen LogP contribution in [0.1, 0.15) is 13.3 Å². The molecule has 3 heteroatoms. The fourth-order valence-electron chi connectivity index (χ4n) is 0.547. The zero-order chi connectivity index (χ0) is 7.28. The average Bonchev–Trinajstić information content (AvgIpc) is 1.82. The number of nitrogens with zero attached hydrogens (tertiary/aromatic N) is 1. The molecule has 64 valence electrons. The third-order valence-electron chi connectivity index (χ3n) is 1.62. The zero-order valence-electron chi connectivity index (χ0n) is 7.26. The summed E-state index contributed by atoms with van der Waals surface area (Å²) >= 11 is 0. The maximum atomic E-state index is 4.94. The molecule has 0 N–H and O–H groups in total. The van der Waals surface area contributed by atoms with E-state index in [1.54, 1.807) is 7.11 Å². The SMILES string of the molecule is COCCC(C)N(C)C.I. The average molecular weight is 259 g/mol. The van der Waals surface area contributed by atoms with Crippen molar-refractivity contribution in [2.75, 3.05) is 27.8 Å². The highest BCUT2D eigenvalue weighted by molar-refractivity contribution is 14.0. The molecule has 0 rings (SSSR count). The molecule has 0 aromatic carbocycles. The van der Waals surface area contributed by atoms with Gasteiger partial charge in [-0.25, -0.2) is 0 Å². The largest absolute Gasteiger partial charge is 0.385 e. The Morgan fingerprint density at radius 3 is 2.20 bits per heavy atom. The molecule has 10 heavy (non-hydrogen) atoms. The van der Waals surface area contributed by atoms with E-state index in [-0.39, 0.29) is 24.0 Å². The van der Waals surface area contributed by atoms with E-state index in [1.165, 1.54) is 0 Å². The molecule has 0 aromatic heterocycles. The molecule has 0 aliphatic heterocycles. The fraction of sp³-hybridized carbons (Fsp3) is 1.00. The molecule has 0 spiro atoms. The molecule has 0 amide bonds. The van der Waals surface area contributed by atoms with Crippen LogP contribution in [0.5, 0.6) is 0 Å². The Bertz CT molecular complexity index is 68.6. The molecule has 0 saturated carbocycles. The summed E-state index contributed by atoms with van der Waals surface area (Å²) in [6, 6.07) is 0.630. The summed E-state index contributed by atoms with van der Waals surface area (Å²) in [7, 11) is 5.91. The van der Waals surface area contributed by atoms with Gasteiger partial charge in [0.25, 0.3) is 0 Å². The Labute approximate surface area is 80.9 Å². The van der Waals surface area contributed by atoms with E-state index in [1.807, 2.05) is 0 Å². The number of methoxy groups -OCH3 is 1. The lowest BCUT2D eigenvalue weighted by atomic mass is 10.2. The van der Waals surface area contributed by atoms with Crippen LogP contribution in [-0.2, 0) is 4.74 Å². The summed E-state index contributed by atoms with van der Waals surface area (Å²) in [6.45, 7) is 3.05. The van der Waals surface area contributed by atoms with Crippen LogP contribution >= 0.6 is 24.0 Å². The van der Waals surface area contributed by atoms with Crippen LogP contribution in [0, 0.1) is 0 Å². The van der Waals surface area contributed by atoms with Crippen molar-refractivity contribution < 1.29 is 4.74 Å². The highest BCUT2D eigenvalue weighted by Crippen LogP contribution is 1.96. The summed E-state index contributed by atoms with van der Waals surface area (Å²) in [5.41, 5.74) is 0. The van der Waals surface area contributed by atoms with E-state index in [0.717, 1.165) is 13.0 Å². The Balaban J connectivity index is 0. The van der Waals surface area contributed by atoms with Gasteiger partial charge in [0, 0.05) is 19.8 Å². The van der Waals surface area contributed by atoms with Crippen molar-refractivity contribution in [2.24, 2.45) is 0 Å². The zero-order valence-corrected chi connectivity index (χ0v) is 9.59. The van der Waals surface area contributed by atoms with Gasteiger partial charge in [-0.05, 0) is 27.4 Å². The number of rotatable bonds is 4. The van der Waals surface area contributed by atoms with Crippen LogP contribution in [0.2, 0.25) is 0 Å². The second kappa shape index (κ2) is 7.75. The van der Waals surface area contributed by atoms with E-state index in [9.17, 15) is 0 Å². The molecule has 0 aliphatic rings. The molecule has 0 fully saturated rings. The molecule has 0 saturated heterocycles. The van der Waals surface area contributed by atoms with Crippen molar-refractivity contribution in [2.45, 2.75) is 19.4 Å². The maximum absolute atomic E-state index is 4.94. The van der Waals surface area contributed by atoms with Gasteiger partial charge in [-0.15, -0.1) is 24.0 Å². The summed E-state index contributed by atoms with van der Waals surface area (Å²) in [6.07, 6.45) is 1.11. The summed E-state index contributed by atoms with van der Waals surface area (Å²) in [5.74, 6) is 0. The molecular formula is C7H18INO. The molecule has 0 aliphatic carbocycles. The molecule has 1 atom stereocenters. The highest BCUT2D eigenvalue weighted by Gasteiger charge is 2.01. The van der Waals surface area contributed by atoms with Crippen LogP contribution in [0.3, 0.4) is 0 Å². The van der Waals surface area contributed by atoms with Gasteiger partial charge in [-0.2, -0.15) is 0 Å². The van der Waals surface area contributed by atoms with Crippen molar-refractivity contribution in [1.29, 1.82) is 0 Å². The monoisotopic (exact) mass is 259 g/mol. The van der Waals surface area contributed by atoms with E-state index >= 15 is 0 Å². The lowest BCUT2D eigenvalue weighted by Gasteiger charge is -2.18. The number of hydrogen-bond donors (Lipinski definition) is 0. The minimum Gasteiger partial charge on any atom is -0.385 e. The van der Waals surface area contributed by atoms with Crippen LogP contribution in [-0.4, -0.2) is 38.8 Å². The molecule has 0 aromatic rings. The fourth-order valence-corrected chi connectivity index (χ4v) is 0.547. The quantitative estimate of drug-likeness (QED) is 0.711. The lowest BCUT2D eigenvalue weighted by Crippen LogP contribution is -2.25. The van der Waals surface area contributed by atoms with Crippen LogP contribution in [0.15, 0.2) is 0 Å². The van der Waals surface area contributed by atoms with E-state index < -0.39 is 0 Å². The van der Waals surface area contributed by atoms with Crippen molar-refractivity contribution in [3.63, 3.8) is 0 Å². The van der Waals surface area contributed by atoms with Gasteiger partial charge < -0.3 is 9.64 Å². The topological polar surface area (TPSA) is 12.5 Å². The van der Waals surface area contributed by atoms with Gasteiger partial charge in [0.1, 0.15) is 0 Å². The van der Waals surface area contributed by atoms with Gasteiger partial charge in [0.05, 0.1) is 0 Å². The predicted molar refractivity (Wildman–Crippen MR) is 55.1 cm³/mol. The summed E-state index contributed by atoms with van der Waals surface area (Å²) < 4.78 is 4.94. The highest BCUT2D eigenvalue weighted by atomic mass is 127. The minimum absolute atomic E-state index is 0. The molecule has 0 bridgehead atoms. The van der Waals surface area contributed by atoms with Crippen LogP contribution in [0.25, 0.3) is 0 Å². The number of hydrogen-bond acceptors (Lipinski definition) is 2. The van der Waals surface area contributed by atoms with Gasteiger partial charge in [0.15, 0.2) is 0 Å². The molecule has 0 radical (unpaired) electrons. The molecular weight excluding hydrogens is 241 g/mol. The predicted octanol–water partition coefficient (Wildman–Crippen LogP) is 1.59. The smallest absolute Gasteiger partial charge is 0.0477 e. The summed E-state index contributed by atoms with van der Waals surface area (Å²) in [5, 5.41) is 0. The van der Waals surface area contributed by atoms with Gasteiger partial charge in [0.2, 0.25) is 0 Å². The van der Waals surface area contributed by atoms with Gasteiger partial charge >= 0.3 is 0 Å². The molecule has 1 unspecified atom stereocenters. The standard InChI is InChI=1S/C7H17NO.HI/c1-7(8(2)3)5-6-9-4;/h7H,5-6H2,1-4H3;1H. The second-order valence-corrected chi connectivity index (χ2v) is 2.59. The van der Waals surface area contributed by atoms with Gasteiger partial charge in [-0.1, -0.05) is 0 Å². The number of ether oxygens (including phenoxy) is 1. The Hall–Kier alpha value is 0.650. The van der Waals surface area contributed by atoms with E-state index in [0.29, 0.717) is 6.04 Å². The lowest BCUT2D eigenvalue weighted by molar-refractivity contribution is 0.163.